The van der Waals surface area contributed by atoms with Gasteiger partial charge in [0.2, 0.25) is 0 Å². The number of ether oxygens (including phenoxy) is 1. The van der Waals surface area contributed by atoms with Crippen LogP contribution in [0.3, 0.4) is 0 Å². The smallest absolute Gasteiger partial charge is 0.407 e. The Morgan fingerprint density at radius 2 is 1.76 bits per heavy atom. The van der Waals surface area contributed by atoms with E-state index in [0.717, 1.165) is 11.1 Å². The molecule has 0 fully saturated rings. The van der Waals surface area contributed by atoms with Crippen molar-refractivity contribution in [2.24, 2.45) is 5.73 Å². The van der Waals surface area contributed by atoms with Gasteiger partial charge in [-0.1, -0.05) is 42.5 Å². The molecular formula is C25H25F3N2O3. The predicted molar refractivity (Wildman–Crippen MR) is 120 cm³/mol. The third-order valence-electron chi connectivity index (χ3n) is 5.17. The van der Waals surface area contributed by atoms with Crippen molar-refractivity contribution in [2.45, 2.75) is 31.8 Å². The quantitative estimate of drug-likeness (QED) is 0.427. The van der Waals surface area contributed by atoms with Gasteiger partial charge in [-0.15, -0.1) is 0 Å². The van der Waals surface area contributed by atoms with Gasteiger partial charge in [-0.2, -0.15) is 13.2 Å². The van der Waals surface area contributed by atoms with Crippen LogP contribution in [0, 0.1) is 0 Å². The number of halogens is 3. The van der Waals surface area contributed by atoms with Crippen LogP contribution < -0.4 is 15.8 Å². The maximum absolute atomic E-state index is 13.6. The lowest BCUT2D eigenvalue weighted by Gasteiger charge is -2.22. The zero-order valence-electron chi connectivity index (χ0n) is 18.0. The van der Waals surface area contributed by atoms with E-state index in [1.165, 1.54) is 19.2 Å². The Kier molecular flexibility index (Phi) is 7.73. The maximum atomic E-state index is 13.6. The molecule has 3 aromatic carbocycles. The highest BCUT2D eigenvalue weighted by molar-refractivity contribution is 5.71. The summed E-state index contributed by atoms with van der Waals surface area (Å²) in [7, 11) is 1.26. The molecule has 1 unspecified atom stereocenters. The monoisotopic (exact) mass is 458 g/mol. The summed E-state index contributed by atoms with van der Waals surface area (Å²) < 4.78 is 46.8. The summed E-state index contributed by atoms with van der Waals surface area (Å²) in [5.41, 5.74) is 8.99. The minimum Gasteiger partial charge on any atom is -0.489 e. The van der Waals surface area contributed by atoms with Gasteiger partial charge in [-0.25, -0.2) is 0 Å². The summed E-state index contributed by atoms with van der Waals surface area (Å²) in [6, 6.07) is 16.9. The largest absolute Gasteiger partial charge is 0.489 e. The van der Waals surface area contributed by atoms with E-state index in [2.05, 4.69) is 5.32 Å². The number of nitrogens with one attached hydrogen (secondary N) is 1. The van der Waals surface area contributed by atoms with Gasteiger partial charge in [0.15, 0.2) is 0 Å². The van der Waals surface area contributed by atoms with Gasteiger partial charge < -0.3 is 20.9 Å². The Morgan fingerprint density at radius 1 is 1.03 bits per heavy atom. The maximum Gasteiger partial charge on any atom is 0.407 e. The molecule has 4 N–H and O–H groups in total. The summed E-state index contributed by atoms with van der Waals surface area (Å²) in [6.45, 7) is 0.286. The summed E-state index contributed by atoms with van der Waals surface area (Å²) in [5, 5.41) is 11.4. The Labute approximate surface area is 190 Å². The van der Waals surface area contributed by atoms with Crippen LogP contribution in [0.5, 0.6) is 5.75 Å². The van der Waals surface area contributed by atoms with Crippen LogP contribution in [0.1, 0.15) is 28.3 Å². The minimum atomic E-state index is -4.49. The second-order valence-electron chi connectivity index (χ2n) is 7.60. The number of para-hydroxylation sites is 1. The molecular weight excluding hydrogens is 433 g/mol. The van der Waals surface area contributed by atoms with Gasteiger partial charge in [0, 0.05) is 12.1 Å². The predicted octanol–water partition coefficient (Wildman–Crippen LogP) is 4.84. The second-order valence-corrected chi connectivity index (χ2v) is 7.60. The van der Waals surface area contributed by atoms with Gasteiger partial charge in [0.05, 0.1) is 6.42 Å². The van der Waals surface area contributed by atoms with Crippen molar-refractivity contribution in [1.82, 2.24) is 5.32 Å². The summed E-state index contributed by atoms with van der Waals surface area (Å²) in [4.78, 5) is 11.1. The lowest BCUT2D eigenvalue weighted by atomic mass is 9.95. The molecule has 0 radical (unpaired) electrons. The molecule has 0 aliphatic rings. The Hall–Kier alpha value is -3.36. The Morgan fingerprint density at radius 3 is 2.42 bits per heavy atom. The third-order valence-corrected chi connectivity index (χ3v) is 5.17. The number of rotatable bonds is 9. The van der Waals surface area contributed by atoms with E-state index >= 15 is 0 Å². The SMILES string of the molecule is CNC(c1cc(COc2ccccc2CC(=O)O)cc(-c2cccc(CN)c2)c1)C(F)(F)F. The van der Waals surface area contributed by atoms with E-state index in [9.17, 15) is 18.0 Å². The first-order chi connectivity index (χ1) is 15.7. The molecule has 0 saturated carbocycles. The Bertz CT molecular complexity index is 1120. The molecule has 3 aromatic rings. The number of carboxylic acids is 1. The van der Waals surface area contributed by atoms with E-state index in [1.807, 2.05) is 24.3 Å². The molecule has 0 saturated heterocycles. The number of nitrogens with two attached hydrogens (primary N) is 1. The highest BCUT2D eigenvalue weighted by atomic mass is 19.4. The van der Waals surface area contributed by atoms with E-state index < -0.39 is 18.2 Å². The number of alkyl halides is 3. The van der Waals surface area contributed by atoms with Crippen LogP contribution in [0.2, 0.25) is 0 Å². The van der Waals surface area contributed by atoms with Crippen LogP contribution >= 0.6 is 0 Å². The molecule has 33 heavy (non-hydrogen) atoms. The summed E-state index contributed by atoms with van der Waals surface area (Å²) >= 11 is 0. The minimum absolute atomic E-state index is 0.0255. The average molecular weight is 458 g/mol. The van der Waals surface area contributed by atoms with Crippen molar-refractivity contribution in [3.8, 4) is 16.9 Å². The zero-order valence-corrected chi connectivity index (χ0v) is 18.0. The van der Waals surface area contributed by atoms with E-state index in [-0.39, 0.29) is 18.6 Å². The first kappa shape index (κ1) is 24.3. The topological polar surface area (TPSA) is 84.6 Å². The van der Waals surface area contributed by atoms with Gasteiger partial charge in [-0.05, 0) is 59.1 Å². The van der Waals surface area contributed by atoms with Crippen molar-refractivity contribution < 1.29 is 27.8 Å². The van der Waals surface area contributed by atoms with Crippen LogP contribution in [0.15, 0.2) is 66.7 Å². The number of hydrogen-bond donors (Lipinski definition) is 3. The molecule has 0 spiro atoms. The highest BCUT2D eigenvalue weighted by Crippen LogP contribution is 2.35. The Balaban J connectivity index is 2.00. The van der Waals surface area contributed by atoms with Gasteiger partial charge in [0.1, 0.15) is 18.4 Å². The van der Waals surface area contributed by atoms with E-state index in [4.69, 9.17) is 15.6 Å². The van der Waals surface area contributed by atoms with Gasteiger partial charge in [-0.3, -0.25) is 4.79 Å². The van der Waals surface area contributed by atoms with Gasteiger partial charge in [0.25, 0.3) is 0 Å². The lowest BCUT2D eigenvalue weighted by molar-refractivity contribution is -0.156. The molecule has 0 amide bonds. The van der Waals surface area contributed by atoms with Crippen molar-refractivity contribution in [1.29, 1.82) is 0 Å². The first-order valence-electron chi connectivity index (χ1n) is 10.3. The van der Waals surface area contributed by atoms with E-state index in [0.29, 0.717) is 29.0 Å². The number of carbonyl (C=O) groups is 1. The standard InChI is InChI=1S/C25H25F3N2O3/c1-30-24(25(26,27)28)21-11-17(10-20(12-21)18-7-4-5-16(9-18)14-29)15-33-22-8-3-2-6-19(22)13-23(31)32/h2-12,24,30H,13-15,29H2,1H3,(H,31,32). The number of hydrogen-bond acceptors (Lipinski definition) is 4. The normalized spacial score (nSPS) is 12.4. The number of benzene rings is 3. The van der Waals surface area contributed by atoms with Gasteiger partial charge >= 0.3 is 12.1 Å². The first-order valence-corrected chi connectivity index (χ1v) is 10.3. The highest BCUT2D eigenvalue weighted by Gasteiger charge is 2.40. The summed E-state index contributed by atoms with van der Waals surface area (Å²) in [6.07, 6.45) is -4.71. The molecule has 8 heteroatoms. The molecule has 0 heterocycles. The summed E-state index contributed by atoms with van der Waals surface area (Å²) in [5.74, 6) is -0.630. The van der Waals surface area contributed by atoms with Crippen molar-refractivity contribution in [3.63, 3.8) is 0 Å². The molecule has 0 aromatic heterocycles. The van der Waals surface area contributed by atoms with Crippen LogP contribution in [-0.4, -0.2) is 24.3 Å². The lowest BCUT2D eigenvalue weighted by Crippen LogP contribution is -2.31. The number of aliphatic carboxylic acids is 1. The molecule has 0 aliphatic heterocycles. The molecule has 3 rings (SSSR count). The fourth-order valence-electron chi connectivity index (χ4n) is 3.65. The number of carboxylic acid groups (broad SMARTS) is 1. The van der Waals surface area contributed by atoms with Crippen molar-refractivity contribution in [2.75, 3.05) is 7.05 Å². The van der Waals surface area contributed by atoms with Crippen LogP contribution in [0.4, 0.5) is 13.2 Å². The molecule has 0 bridgehead atoms. The van der Waals surface area contributed by atoms with Crippen molar-refractivity contribution >= 4 is 5.97 Å². The fraction of sp³-hybridized carbons (Fsp3) is 0.240. The molecule has 174 valence electrons. The zero-order chi connectivity index (χ0) is 24.0. The van der Waals surface area contributed by atoms with Crippen LogP contribution in [0.25, 0.3) is 11.1 Å². The van der Waals surface area contributed by atoms with E-state index in [1.54, 1.807) is 30.3 Å². The average Bonchev–Trinajstić information content (AvgIpc) is 2.77. The molecule has 1 atom stereocenters. The second kappa shape index (κ2) is 10.5. The van der Waals surface area contributed by atoms with Crippen LogP contribution in [-0.2, 0) is 24.4 Å². The molecule has 5 nitrogen and oxygen atoms in total. The third kappa shape index (κ3) is 6.34. The molecule has 0 aliphatic carbocycles. The van der Waals surface area contributed by atoms with Crippen molar-refractivity contribution in [3.05, 3.63) is 89.0 Å². The fourth-order valence-corrected chi connectivity index (χ4v) is 3.65.